The number of rotatable bonds is 3. The van der Waals surface area contributed by atoms with Gasteiger partial charge in [0.1, 0.15) is 5.82 Å². The van der Waals surface area contributed by atoms with Crippen LogP contribution in [0.25, 0.3) is 22.4 Å². The van der Waals surface area contributed by atoms with Gasteiger partial charge in [-0.2, -0.15) is 0 Å². The van der Waals surface area contributed by atoms with Crippen LogP contribution in [-0.4, -0.2) is 29.1 Å². The van der Waals surface area contributed by atoms with Crippen LogP contribution < -0.4 is 5.32 Å². The number of anilines is 1. The maximum Gasteiger partial charge on any atom is 0.229 e. The van der Waals surface area contributed by atoms with Crippen molar-refractivity contribution in [2.75, 3.05) is 18.5 Å². The summed E-state index contributed by atoms with van der Waals surface area (Å²) in [6, 6.07) is 15.7. The van der Waals surface area contributed by atoms with Crippen LogP contribution in [0, 0.1) is 5.92 Å². The first-order valence-corrected chi connectivity index (χ1v) is 8.23. The van der Waals surface area contributed by atoms with E-state index < -0.39 is 0 Å². The van der Waals surface area contributed by atoms with Crippen molar-refractivity contribution in [3.63, 3.8) is 0 Å². The van der Waals surface area contributed by atoms with Crippen molar-refractivity contribution in [1.82, 2.24) is 9.97 Å². The molecule has 5 heteroatoms. The molecule has 0 saturated carbocycles. The highest BCUT2D eigenvalue weighted by atomic mass is 16.5. The van der Waals surface area contributed by atoms with Gasteiger partial charge in [0.25, 0.3) is 0 Å². The fourth-order valence-electron chi connectivity index (χ4n) is 3.01. The van der Waals surface area contributed by atoms with Crippen LogP contribution in [0.2, 0.25) is 0 Å². The number of nitrogens with one attached hydrogen (secondary N) is 2. The quantitative estimate of drug-likeness (QED) is 0.774. The third-order valence-corrected chi connectivity index (χ3v) is 4.33. The second kappa shape index (κ2) is 6.45. The summed E-state index contributed by atoms with van der Waals surface area (Å²) < 4.78 is 5.39. The van der Waals surface area contributed by atoms with E-state index in [4.69, 9.17) is 4.74 Å². The number of carbonyl (C=O) groups excluding carboxylic acids is 1. The Morgan fingerprint density at radius 2 is 2.08 bits per heavy atom. The number of nitrogens with zero attached hydrogens (tertiary/aromatic N) is 1. The molecule has 0 spiro atoms. The Labute approximate surface area is 140 Å². The van der Waals surface area contributed by atoms with E-state index in [1.165, 1.54) is 0 Å². The fraction of sp³-hybridized carbons (Fsp3) is 0.263. The van der Waals surface area contributed by atoms with Gasteiger partial charge < -0.3 is 15.0 Å². The molecule has 1 saturated heterocycles. The highest BCUT2D eigenvalue weighted by molar-refractivity contribution is 5.95. The Balaban J connectivity index is 1.56. The second-order valence-electron chi connectivity index (χ2n) is 6.09. The monoisotopic (exact) mass is 321 g/mol. The van der Waals surface area contributed by atoms with E-state index in [9.17, 15) is 4.79 Å². The van der Waals surface area contributed by atoms with Crippen LogP contribution in [0.1, 0.15) is 12.8 Å². The topological polar surface area (TPSA) is 67.0 Å². The molecule has 1 atom stereocenters. The molecule has 0 radical (unpaired) electrons. The normalized spacial score (nSPS) is 17.8. The lowest BCUT2D eigenvalue weighted by Gasteiger charge is -2.21. The van der Waals surface area contributed by atoms with E-state index in [1.54, 1.807) is 0 Å². The zero-order chi connectivity index (χ0) is 16.4. The van der Waals surface area contributed by atoms with Crippen molar-refractivity contribution in [1.29, 1.82) is 0 Å². The summed E-state index contributed by atoms with van der Waals surface area (Å²) in [5.74, 6) is 0.794. The van der Waals surface area contributed by atoms with Gasteiger partial charge in [-0.3, -0.25) is 4.79 Å². The molecule has 4 rings (SSSR count). The second-order valence-corrected chi connectivity index (χ2v) is 6.09. The highest BCUT2D eigenvalue weighted by Gasteiger charge is 2.21. The molecule has 1 aliphatic rings. The van der Waals surface area contributed by atoms with Gasteiger partial charge in [0.15, 0.2) is 0 Å². The minimum atomic E-state index is -0.0592. The Bertz CT molecular complexity index is 851. The molecule has 5 nitrogen and oxygen atoms in total. The van der Waals surface area contributed by atoms with Gasteiger partial charge in [-0.1, -0.05) is 30.3 Å². The number of imidazole rings is 1. The molecule has 1 fully saturated rings. The number of H-pyrrole nitrogens is 1. The van der Waals surface area contributed by atoms with Gasteiger partial charge in [0.05, 0.1) is 23.6 Å². The van der Waals surface area contributed by atoms with Crippen LogP contribution in [0.5, 0.6) is 0 Å². The lowest BCUT2D eigenvalue weighted by Crippen LogP contribution is -2.30. The number of aromatic amines is 1. The fourth-order valence-corrected chi connectivity index (χ4v) is 3.01. The number of benzene rings is 2. The molecule has 1 unspecified atom stereocenters. The first-order valence-electron chi connectivity index (χ1n) is 8.23. The number of fused-ring (bicyclic) bond motifs is 1. The molecule has 3 aromatic rings. The van der Waals surface area contributed by atoms with Gasteiger partial charge in [-0.05, 0) is 31.0 Å². The summed E-state index contributed by atoms with van der Waals surface area (Å²) >= 11 is 0. The third-order valence-electron chi connectivity index (χ3n) is 4.33. The van der Waals surface area contributed by atoms with Gasteiger partial charge in [0.2, 0.25) is 5.91 Å². The number of amides is 1. The Kier molecular flexibility index (Phi) is 4.01. The average Bonchev–Trinajstić information content (AvgIpc) is 3.06. The molecular weight excluding hydrogens is 302 g/mol. The van der Waals surface area contributed by atoms with Crippen LogP contribution in [0.15, 0.2) is 48.5 Å². The Morgan fingerprint density at radius 1 is 1.21 bits per heavy atom. The molecular formula is C19H19N3O2. The molecule has 1 aliphatic heterocycles. The maximum atomic E-state index is 12.3. The maximum absolute atomic E-state index is 12.3. The van der Waals surface area contributed by atoms with Crippen molar-refractivity contribution >= 4 is 22.6 Å². The number of aromatic nitrogens is 2. The number of hydrogen-bond donors (Lipinski definition) is 2. The van der Waals surface area contributed by atoms with Gasteiger partial charge in [0, 0.05) is 17.9 Å². The molecule has 122 valence electrons. The SMILES string of the molecule is O=C(Nc1ccc2nc(-c3ccccc3)[nH]c2c1)C1CCCOC1. The molecule has 0 bridgehead atoms. The highest BCUT2D eigenvalue weighted by Crippen LogP contribution is 2.23. The lowest BCUT2D eigenvalue weighted by molar-refractivity contribution is -0.123. The number of hydrogen-bond acceptors (Lipinski definition) is 3. The van der Waals surface area contributed by atoms with E-state index >= 15 is 0 Å². The molecule has 24 heavy (non-hydrogen) atoms. The molecule has 1 amide bonds. The summed E-state index contributed by atoms with van der Waals surface area (Å²) in [5.41, 5.74) is 3.61. The average molecular weight is 321 g/mol. The summed E-state index contributed by atoms with van der Waals surface area (Å²) in [6.45, 7) is 1.27. The molecule has 2 heterocycles. The van der Waals surface area contributed by atoms with E-state index in [0.29, 0.717) is 6.61 Å². The Morgan fingerprint density at radius 3 is 2.88 bits per heavy atom. The molecule has 2 aromatic carbocycles. The van der Waals surface area contributed by atoms with Gasteiger partial charge in [-0.25, -0.2) is 4.98 Å². The first-order chi connectivity index (χ1) is 11.8. The molecule has 1 aromatic heterocycles. The van der Waals surface area contributed by atoms with Crippen molar-refractivity contribution in [3.8, 4) is 11.4 Å². The predicted molar refractivity (Wildman–Crippen MR) is 93.7 cm³/mol. The first kappa shape index (κ1) is 14.9. The predicted octanol–water partition coefficient (Wildman–Crippen LogP) is 3.60. The van der Waals surface area contributed by atoms with Crippen LogP contribution in [-0.2, 0) is 9.53 Å². The smallest absolute Gasteiger partial charge is 0.229 e. The minimum absolute atomic E-state index is 0.0249. The van der Waals surface area contributed by atoms with Crippen LogP contribution >= 0.6 is 0 Å². The largest absolute Gasteiger partial charge is 0.381 e. The third kappa shape index (κ3) is 3.03. The number of ether oxygens (including phenoxy) is 1. The van der Waals surface area contributed by atoms with E-state index in [0.717, 1.165) is 47.6 Å². The Hall–Kier alpha value is -2.66. The van der Waals surface area contributed by atoms with Gasteiger partial charge >= 0.3 is 0 Å². The van der Waals surface area contributed by atoms with Crippen molar-refractivity contribution < 1.29 is 9.53 Å². The van der Waals surface area contributed by atoms with Crippen LogP contribution in [0.4, 0.5) is 5.69 Å². The van der Waals surface area contributed by atoms with Crippen molar-refractivity contribution in [2.45, 2.75) is 12.8 Å². The van der Waals surface area contributed by atoms with Crippen LogP contribution in [0.3, 0.4) is 0 Å². The summed E-state index contributed by atoms with van der Waals surface area (Å²) in [6.07, 6.45) is 1.83. The van der Waals surface area contributed by atoms with Crippen molar-refractivity contribution in [2.24, 2.45) is 5.92 Å². The summed E-state index contributed by atoms with van der Waals surface area (Å²) in [7, 11) is 0. The zero-order valence-corrected chi connectivity index (χ0v) is 13.3. The summed E-state index contributed by atoms with van der Waals surface area (Å²) in [4.78, 5) is 20.2. The molecule has 2 N–H and O–H groups in total. The number of carbonyl (C=O) groups is 1. The zero-order valence-electron chi connectivity index (χ0n) is 13.3. The lowest BCUT2D eigenvalue weighted by atomic mass is 10.0. The van der Waals surface area contributed by atoms with E-state index in [1.807, 2.05) is 48.5 Å². The van der Waals surface area contributed by atoms with E-state index in [-0.39, 0.29) is 11.8 Å². The summed E-state index contributed by atoms with van der Waals surface area (Å²) in [5, 5.41) is 2.99. The minimum Gasteiger partial charge on any atom is -0.381 e. The van der Waals surface area contributed by atoms with Crippen molar-refractivity contribution in [3.05, 3.63) is 48.5 Å². The van der Waals surface area contributed by atoms with E-state index in [2.05, 4.69) is 15.3 Å². The molecule has 0 aliphatic carbocycles. The van der Waals surface area contributed by atoms with Gasteiger partial charge in [-0.15, -0.1) is 0 Å². The standard InChI is InChI=1S/C19H19N3O2/c23-19(14-7-4-10-24-12-14)20-15-8-9-16-17(11-15)22-18(21-16)13-5-2-1-3-6-13/h1-3,5-6,8-9,11,14H,4,7,10,12H2,(H,20,23)(H,21,22).